The average Bonchev–Trinajstić information content (AvgIpc) is 2.48. The van der Waals surface area contributed by atoms with Crippen LogP contribution in [-0.2, 0) is 0 Å². The number of rotatable bonds is 4. The van der Waals surface area contributed by atoms with E-state index < -0.39 is 0 Å². The fourth-order valence-corrected chi connectivity index (χ4v) is 2.32. The number of amides is 2. The van der Waals surface area contributed by atoms with Crippen molar-refractivity contribution in [1.29, 1.82) is 0 Å². The zero-order valence-corrected chi connectivity index (χ0v) is 13.2. The number of hydrogen-bond donors (Lipinski definition) is 1. The van der Waals surface area contributed by atoms with Gasteiger partial charge in [0.25, 0.3) is 0 Å². The zero-order valence-electron chi connectivity index (χ0n) is 13.2. The molecule has 0 aliphatic carbocycles. The van der Waals surface area contributed by atoms with E-state index in [-0.39, 0.29) is 6.03 Å². The molecule has 1 N–H and O–H groups in total. The molecular formula is C16H25N3O2. The molecule has 1 aromatic rings. The number of nitrogens with one attached hydrogen (secondary N) is 1. The molecule has 0 spiro atoms. The molecule has 2 amide bonds. The lowest BCUT2D eigenvalue weighted by Crippen LogP contribution is -2.51. The smallest absolute Gasteiger partial charge is 0.317 e. The summed E-state index contributed by atoms with van der Waals surface area (Å²) >= 11 is 0. The van der Waals surface area contributed by atoms with Crippen molar-refractivity contribution >= 4 is 6.03 Å². The predicted octanol–water partition coefficient (Wildman–Crippen LogP) is 1.64. The molecule has 0 unspecified atom stereocenters. The first-order valence-electron chi connectivity index (χ1n) is 7.48. The first-order chi connectivity index (χ1) is 10.1. The van der Waals surface area contributed by atoms with Crippen molar-refractivity contribution in [2.75, 3.05) is 46.4 Å². The molecule has 2 rings (SSSR count). The van der Waals surface area contributed by atoms with Gasteiger partial charge in [0.2, 0.25) is 0 Å². The van der Waals surface area contributed by atoms with E-state index >= 15 is 0 Å². The number of ether oxygens (including phenoxy) is 1. The van der Waals surface area contributed by atoms with Crippen LogP contribution in [0.2, 0.25) is 0 Å². The third-order valence-corrected chi connectivity index (χ3v) is 3.98. The largest absolute Gasteiger partial charge is 0.491 e. The fraction of sp³-hybridized carbons (Fsp3) is 0.562. The number of likely N-dealkylation sites (N-methyl/N-ethyl adjacent to an activating group) is 1. The van der Waals surface area contributed by atoms with Gasteiger partial charge in [-0.3, -0.25) is 0 Å². The summed E-state index contributed by atoms with van der Waals surface area (Å²) in [5, 5.41) is 2.92. The lowest BCUT2D eigenvalue weighted by Gasteiger charge is -2.32. The van der Waals surface area contributed by atoms with Gasteiger partial charge in [0, 0.05) is 26.2 Å². The SMILES string of the molecule is Cc1cccc(OCCNC(=O)N2CCN(C)CC2)c1C. The molecule has 5 nitrogen and oxygen atoms in total. The Bertz CT molecular complexity index is 482. The number of nitrogens with zero attached hydrogens (tertiary/aromatic N) is 2. The summed E-state index contributed by atoms with van der Waals surface area (Å²) in [5.74, 6) is 0.892. The third-order valence-electron chi connectivity index (χ3n) is 3.98. The summed E-state index contributed by atoms with van der Waals surface area (Å²) in [6.07, 6.45) is 0. The van der Waals surface area contributed by atoms with Gasteiger partial charge in [0.15, 0.2) is 0 Å². The van der Waals surface area contributed by atoms with Gasteiger partial charge >= 0.3 is 6.03 Å². The number of piperazine rings is 1. The van der Waals surface area contributed by atoms with Crippen LogP contribution in [0.25, 0.3) is 0 Å². The van der Waals surface area contributed by atoms with Crippen LogP contribution < -0.4 is 10.1 Å². The van der Waals surface area contributed by atoms with Crippen molar-refractivity contribution in [1.82, 2.24) is 15.1 Å². The molecule has 0 aromatic heterocycles. The standard InChI is InChI=1S/C16H25N3O2/c1-13-5-4-6-15(14(13)2)21-12-7-17-16(20)19-10-8-18(3)9-11-19/h4-6H,7-12H2,1-3H3,(H,17,20). The van der Waals surface area contributed by atoms with Crippen molar-refractivity contribution < 1.29 is 9.53 Å². The van der Waals surface area contributed by atoms with Crippen molar-refractivity contribution in [2.24, 2.45) is 0 Å². The lowest BCUT2D eigenvalue weighted by molar-refractivity contribution is 0.153. The first kappa shape index (κ1) is 15.6. The Balaban J connectivity index is 1.70. The van der Waals surface area contributed by atoms with Gasteiger partial charge < -0.3 is 19.9 Å². The van der Waals surface area contributed by atoms with Crippen LogP contribution in [0.15, 0.2) is 18.2 Å². The average molecular weight is 291 g/mol. The molecule has 1 aliphatic heterocycles. The predicted molar refractivity (Wildman–Crippen MR) is 83.9 cm³/mol. The van der Waals surface area contributed by atoms with Crippen molar-refractivity contribution in [3.63, 3.8) is 0 Å². The Morgan fingerprint density at radius 1 is 1.24 bits per heavy atom. The first-order valence-corrected chi connectivity index (χ1v) is 7.48. The highest BCUT2D eigenvalue weighted by Crippen LogP contribution is 2.20. The summed E-state index contributed by atoms with van der Waals surface area (Å²) < 4.78 is 5.73. The van der Waals surface area contributed by atoms with Gasteiger partial charge in [-0.25, -0.2) is 4.79 Å². The topological polar surface area (TPSA) is 44.8 Å². The van der Waals surface area contributed by atoms with E-state index in [2.05, 4.69) is 30.3 Å². The quantitative estimate of drug-likeness (QED) is 0.858. The summed E-state index contributed by atoms with van der Waals surface area (Å²) in [6.45, 7) is 8.59. The Labute approximate surface area is 126 Å². The molecule has 21 heavy (non-hydrogen) atoms. The number of hydrogen-bond acceptors (Lipinski definition) is 3. The maximum absolute atomic E-state index is 12.0. The normalized spacial score (nSPS) is 15.9. The molecule has 0 atom stereocenters. The van der Waals surface area contributed by atoms with Gasteiger partial charge in [-0.05, 0) is 38.1 Å². The number of carbonyl (C=O) groups excluding carboxylic acids is 1. The maximum Gasteiger partial charge on any atom is 0.317 e. The fourth-order valence-electron chi connectivity index (χ4n) is 2.32. The van der Waals surface area contributed by atoms with Crippen LogP contribution in [0.5, 0.6) is 5.75 Å². The Morgan fingerprint density at radius 2 is 1.95 bits per heavy atom. The highest BCUT2D eigenvalue weighted by atomic mass is 16.5. The van der Waals surface area contributed by atoms with Crippen LogP contribution in [0.1, 0.15) is 11.1 Å². The van der Waals surface area contributed by atoms with Crippen molar-refractivity contribution in [2.45, 2.75) is 13.8 Å². The zero-order chi connectivity index (χ0) is 15.2. The van der Waals surface area contributed by atoms with Crippen LogP contribution in [0.4, 0.5) is 4.79 Å². The van der Waals surface area contributed by atoms with E-state index in [0.717, 1.165) is 37.5 Å². The maximum atomic E-state index is 12.0. The Hall–Kier alpha value is -1.75. The minimum absolute atomic E-state index is 0.00710. The summed E-state index contributed by atoms with van der Waals surface area (Å²) in [5.41, 5.74) is 2.37. The Kier molecular flexibility index (Phi) is 5.44. The van der Waals surface area contributed by atoms with E-state index in [1.807, 2.05) is 24.0 Å². The monoisotopic (exact) mass is 291 g/mol. The number of carbonyl (C=O) groups is 1. The minimum Gasteiger partial charge on any atom is -0.491 e. The lowest BCUT2D eigenvalue weighted by atomic mass is 10.1. The summed E-state index contributed by atoms with van der Waals surface area (Å²) in [4.78, 5) is 16.1. The molecule has 1 fully saturated rings. The van der Waals surface area contributed by atoms with Gasteiger partial charge in [-0.1, -0.05) is 12.1 Å². The van der Waals surface area contributed by atoms with E-state index in [0.29, 0.717) is 13.2 Å². The number of urea groups is 1. The van der Waals surface area contributed by atoms with E-state index in [1.165, 1.54) is 5.56 Å². The molecule has 5 heteroatoms. The molecule has 116 valence electrons. The van der Waals surface area contributed by atoms with Crippen LogP contribution in [-0.4, -0.2) is 62.2 Å². The second-order valence-corrected chi connectivity index (χ2v) is 5.57. The molecule has 0 bridgehead atoms. The van der Waals surface area contributed by atoms with Crippen LogP contribution in [0, 0.1) is 13.8 Å². The molecule has 1 aliphatic rings. The second kappa shape index (κ2) is 7.31. The summed E-state index contributed by atoms with van der Waals surface area (Å²) in [6, 6.07) is 6.02. The van der Waals surface area contributed by atoms with E-state index in [1.54, 1.807) is 0 Å². The van der Waals surface area contributed by atoms with Crippen LogP contribution >= 0.6 is 0 Å². The molecule has 0 radical (unpaired) electrons. The highest BCUT2D eigenvalue weighted by molar-refractivity contribution is 5.74. The molecule has 0 saturated carbocycles. The van der Waals surface area contributed by atoms with Gasteiger partial charge in [0.1, 0.15) is 12.4 Å². The summed E-state index contributed by atoms with van der Waals surface area (Å²) in [7, 11) is 2.08. The highest BCUT2D eigenvalue weighted by Gasteiger charge is 2.18. The van der Waals surface area contributed by atoms with Crippen molar-refractivity contribution in [3.05, 3.63) is 29.3 Å². The molecule has 1 saturated heterocycles. The Morgan fingerprint density at radius 3 is 2.67 bits per heavy atom. The molecule has 1 aromatic carbocycles. The van der Waals surface area contributed by atoms with Crippen molar-refractivity contribution in [3.8, 4) is 5.75 Å². The van der Waals surface area contributed by atoms with Gasteiger partial charge in [-0.15, -0.1) is 0 Å². The second-order valence-electron chi connectivity index (χ2n) is 5.57. The third kappa shape index (κ3) is 4.36. The number of aryl methyl sites for hydroxylation is 1. The number of benzene rings is 1. The van der Waals surface area contributed by atoms with E-state index in [4.69, 9.17) is 4.74 Å². The van der Waals surface area contributed by atoms with Gasteiger partial charge in [-0.2, -0.15) is 0 Å². The van der Waals surface area contributed by atoms with E-state index in [9.17, 15) is 4.79 Å². The van der Waals surface area contributed by atoms with Gasteiger partial charge in [0.05, 0.1) is 6.54 Å². The minimum atomic E-state index is 0.00710. The molecule has 1 heterocycles. The molecular weight excluding hydrogens is 266 g/mol. The van der Waals surface area contributed by atoms with Crippen LogP contribution in [0.3, 0.4) is 0 Å².